The smallest absolute Gasteiger partial charge is 0.328 e. The van der Waals surface area contributed by atoms with Crippen molar-refractivity contribution in [2.24, 2.45) is 5.73 Å². The van der Waals surface area contributed by atoms with Gasteiger partial charge in [-0.2, -0.15) is 0 Å². The molecule has 82 valence electrons. The quantitative estimate of drug-likeness (QED) is 0.623. The molecule has 0 aliphatic heterocycles. The van der Waals surface area contributed by atoms with Crippen molar-refractivity contribution in [2.45, 2.75) is 12.5 Å². The van der Waals surface area contributed by atoms with E-state index in [1.165, 1.54) is 6.92 Å². The topological polar surface area (TPSA) is 83.6 Å². The minimum atomic E-state index is -1.44. The molecule has 0 saturated heterocycles. The van der Waals surface area contributed by atoms with E-state index in [9.17, 15) is 9.90 Å². The fourth-order valence-corrected chi connectivity index (χ4v) is 2.76. The van der Waals surface area contributed by atoms with Gasteiger partial charge in [0.25, 0.3) is 0 Å². The summed E-state index contributed by atoms with van der Waals surface area (Å²) in [6.07, 6.45) is 0. The lowest BCUT2D eigenvalue weighted by atomic mass is 9.93. The zero-order valence-corrected chi connectivity index (χ0v) is 12.1. The number of hydrogen-bond donors (Lipinski definition) is 3. The zero-order chi connectivity index (χ0) is 11.8. The minimum absolute atomic E-state index is 0.154. The van der Waals surface area contributed by atoms with Gasteiger partial charge in [0.15, 0.2) is 0 Å². The third-order valence-corrected chi connectivity index (χ3v) is 3.71. The Hall–Kier alpha value is -0.0900. The molecule has 4 N–H and O–H groups in total. The second-order valence-electron chi connectivity index (χ2n) is 3.30. The van der Waals surface area contributed by atoms with Crippen LogP contribution in [0.5, 0.6) is 5.75 Å². The Morgan fingerprint density at radius 1 is 1.40 bits per heavy atom. The van der Waals surface area contributed by atoms with Crippen molar-refractivity contribution < 1.29 is 15.0 Å². The van der Waals surface area contributed by atoms with Gasteiger partial charge < -0.3 is 15.9 Å². The first-order valence-electron chi connectivity index (χ1n) is 3.97. The van der Waals surface area contributed by atoms with Gasteiger partial charge in [0.05, 0.1) is 7.14 Å². The molecular weight excluding hydrogens is 424 g/mol. The second-order valence-corrected chi connectivity index (χ2v) is 5.62. The maximum Gasteiger partial charge on any atom is 0.328 e. The third-order valence-electron chi connectivity index (χ3n) is 2.06. The van der Waals surface area contributed by atoms with Crippen LogP contribution in [0.2, 0.25) is 0 Å². The molecule has 0 aliphatic carbocycles. The fourth-order valence-electron chi connectivity index (χ4n) is 0.989. The van der Waals surface area contributed by atoms with Crippen LogP contribution < -0.4 is 5.73 Å². The monoisotopic (exact) mass is 433 g/mol. The molecule has 1 aromatic rings. The number of nitrogens with two attached hydrogens (primary N) is 1. The number of aliphatic carboxylic acids is 1. The number of hydrogen-bond acceptors (Lipinski definition) is 3. The first kappa shape index (κ1) is 13.0. The first-order valence-corrected chi connectivity index (χ1v) is 6.13. The molecule has 15 heavy (non-hydrogen) atoms. The molecular formula is C9H9I2NO3. The molecule has 0 amide bonds. The molecule has 0 saturated carbocycles. The van der Waals surface area contributed by atoms with Gasteiger partial charge in [-0.3, -0.25) is 0 Å². The van der Waals surface area contributed by atoms with Gasteiger partial charge >= 0.3 is 5.97 Å². The first-order chi connectivity index (χ1) is 6.76. The standard InChI is InChI=1S/C9H9I2NO3/c1-9(12,8(14)15)4-2-5(10)7(13)6(11)3-4/h2-3,13H,12H2,1H3,(H,14,15). The maximum absolute atomic E-state index is 10.9. The van der Waals surface area contributed by atoms with Crippen LogP contribution in [0.4, 0.5) is 0 Å². The summed E-state index contributed by atoms with van der Waals surface area (Å²) in [5.74, 6) is -0.944. The molecule has 1 unspecified atom stereocenters. The Balaban J connectivity index is 3.34. The maximum atomic E-state index is 10.9. The molecule has 0 bridgehead atoms. The Kier molecular flexibility index (Phi) is 3.82. The lowest BCUT2D eigenvalue weighted by Crippen LogP contribution is -2.41. The van der Waals surface area contributed by atoms with Gasteiger partial charge in [-0.15, -0.1) is 0 Å². The predicted octanol–water partition coefficient (Wildman–Crippen LogP) is 1.86. The number of benzene rings is 1. The van der Waals surface area contributed by atoms with E-state index in [1.54, 1.807) is 12.1 Å². The van der Waals surface area contributed by atoms with Crippen LogP contribution in [-0.2, 0) is 10.3 Å². The number of carboxylic acids is 1. The van der Waals surface area contributed by atoms with Gasteiger partial charge in [-0.05, 0) is 69.8 Å². The highest BCUT2D eigenvalue weighted by Gasteiger charge is 2.31. The molecule has 0 heterocycles. The van der Waals surface area contributed by atoms with Crippen LogP contribution in [0.15, 0.2) is 12.1 Å². The van der Waals surface area contributed by atoms with Crippen molar-refractivity contribution in [2.75, 3.05) is 0 Å². The fraction of sp³-hybridized carbons (Fsp3) is 0.222. The summed E-state index contributed by atoms with van der Waals surface area (Å²) >= 11 is 3.87. The Morgan fingerprint density at radius 2 is 1.80 bits per heavy atom. The Bertz CT molecular complexity index is 395. The molecule has 0 radical (unpaired) electrons. The normalized spacial score (nSPS) is 14.7. The van der Waals surface area contributed by atoms with E-state index in [1.807, 2.05) is 45.2 Å². The van der Waals surface area contributed by atoms with Crippen LogP contribution in [-0.4, -0.2) is 16.2 Å². The van der Waals surface area contributed by atoms with Crippen LogP contribution in [0.1, 0.15) is 12.5 Å². The van der Waals surface area contributed by atoms with E-state index in [0.29, 0.717) is 12.7 Å². The van der Waals surface area contributed by atoms with E-state index < -0.39 is 11.5 Å². The van der Waals surface area contributed by atoms with Gasteiger partial charge in [-0.25, -0.2) is 4.79 Å². The van der Waals surface area contributed by atoms with E-state index in [2.05, 4.69) is 0 Å². The largest absolute Gasteiger partial charge is 0.506 e. The van der Waals surface area contributed by atoms with E-state index in [-0.39, 0.29) is 5.75 Å². The van der Waals surface area contributed by atoms with Gasteiger partial charge in [0, 0.05) is 0 Å². The number of phenolic OH excluding ortho intramolecular Hbond substituents is 1. The summed E-state index contributed by atoms with van der Waals surface area (Å²) in [4.78, 5) is 10.9. The number of carboxylic acid groups (broad SMARTS) is 1. The Morgan fingerprint density at radius 3 is 2.13 bits per heavy atom. The molecule has 0 aliphatic rings. The molecule has 1 atom stereocenters. The van der Waals surface area contributed by atoms with Crippen LogP contribution in [0.3, 0.4) is 0 Å². The number of carbonyl (C=O) groups is 1. The summed E-state index contributed by atoms with van der Waals surface area (Å²) in [6, 6.07) is 3.15. The van der Waals surface area contributed by atoms with Crippen molar-refractivity contribution in [1.82, 2.24) is 0 Å². The molecule has 0 fully saturated rings. The van der Waals surface area contributed by atoms with Crippen molar-refractivity contribution in [3.05, 3.63) is 24.8 Å². The van der Waals surface area contributed by atoms with Crippen molar-refractivity contribution in [3.63, 3.8) is 0 Å². The predicted molar refractivity (Wildman–Crippen MR) is 72.7 cm³/mol. The van der Waals surface area contributed by atoms with Crippen molar-refractivity contribution >= 4 is 51.2 Å². The molecule has 0 spiro atoms. The van der Waals surface area contributed by atoms with Crippen LogP contribution in [0.25, 0.3) is 0 Å². The van der Waals surface area contributed by atoms with Crippen molar-refractivity contribution in [3.8, 4) is 5.75 Å². The highest BCUT2D eigenvalue weighted by Crippen LogP contribution is 2.31. The second kappa shape index (κ2) is 4.42. The number of halogens is 2. The van der Waals surface area contributed by atoms with Gasteiger partial charge in [-0.1, -0.05) is 0 Å². The van der Waals surface area contributed by atoms with E-state index in [0.717, 1.165) is 0 Å². The molecule has 1 rings (SSSR count). The van der Waals surface area contributed by atoms with Crippen LogP contribution in [0, 0.1) is 7.14 Å². The van der Waals surface area contributed by atoms with Crippen LogP contribution >= 0.6 is 45.2 Å². The average Bonchev–Trinajstić information content (AvgIpc) is 2.13. The number of aromatic hydroxyl groups is 1. The number of phenols is 1. The lowest BCUT2D eigenvalue weighted by molar-refractivity contribution is -0.143. The Labute approximate surface area is 114 Å². The summed E-state index contributed by atoms with van der Waals surface area (Å²) < 4.78 is 1.18. The highest BCUT2D eigenvalue weighted by molar-refractivity contribution is 14.1. The average molecular weight is 433 g/mol. The molecule has 0 aromatic heterocycles. The SMILES string of the molecule is CC(N)(C(=O)O)c1cc(I)c(O)c(I)c1. The van der Waals surface area contributed by atoms with E-state index >= 15 is 0 Å². The van der Waals surface area contributed by atoms with Gasteiger partial charge in [0.2, 0.25) is 0 Å². The van der Waals surface area contributed by atoms with E-state index in [4.69, 9.17) is 10.8 Å². The highest BCUT2D eigenvalue weighted by atomic mass is 127. The summed E-state index contributed by atoms with van der Waals surface area (Å²) in [5.41, 5.74) is 4.72. The van der Waals surface area contributed by atoms with Crippen molar-refractivity contribution in [1.29, 1.82) is 0 Å². The molecule has 6 heteroatoms. The summed E-state index contributed by atoms with van der Waals surface area (Å²) in [5, 5.41) is 18.5. The molecule has 1 aromatic carbocycles. The van der Waals surface area contributed by atoms with Gasteiger partial charge in [0.1, 0.15) is 11.3 Å². The lowest BCUT2D eigenvalue weighted by Gasteiger charge is -2.20. The summed E-state index contributed by atoms with van der Waals surface area (Å²) in [6.45, 7) is 1.42. The molecule has 4 nitrogen and oxygen atoms in total. The number of rotatable bonds is 2. The minimum Gasteiger partial charge on any atom is -0.506 e. The third kappa shape index (κ3) is 2.53. The zero-order valence-electron chi connectivity index (χ0n) is 7.79. The summed E-state index contributed by atoms with van der Waals surface area (Å²) in [7, 11) is 0.